The second kappa shape index (κ2) is 4.79. The van der Waals surface area contributed by atoms with Crippen LogP contribution in [0.3, 0.4) is 0 Å². The van der Waals surface area contributed by atoms with E-state index in [1.807, 2.05) is 12.1 Å². The maximum absolute atomic E-state index is 2.12. The Morgan fingerprint density at radius 1 is 0.462 bits per heavy atom. The Labute approximate surface area is 82.2 Å². The topological polar surface area (TPSA) is 0 Å². The van der Waals surface area contributed by atoms with Gasteiger partial charge < -0.3 is 0 Å². The largest absolute Gasteiger partial charge is 0.0622 e. The van der Waals surface area contributed by atoms with Gasteiger partial charge in [0.25, 0.3) is 0 Å². The number of rotatable bonds is 1. The zero-order chi connectivity index (χ0) is 8.23. The molecule has 0 heterocycles. The summed E-state index contributed by atoms with van der Waals surface area (Å²) in [5.41, 5.74) is 2.55. The third-order valence-electron chi connectivity index (χ3n) is 1.88. The predicted molar refractivity (Wildman–Crippen MR) is 64.4 cm³/mol. The van der Waals surface area contributed by atoms with Crippen molar-refractivity contribution in [2.75, 3.05) is 0 Å². The van der Waals surface area contributed by atoms with Gasteiger partial charge in [-0.1, -0.05) is 60.7 Å². The summed E-state index contributed by atoms with van der Waals surface area (Å²) in [5.74, 6) is 0. The van der Waals surface area contributed by atoms with Gasteiger partial charge in [0.2, 0.25) is 0 Å². The zero-order valence-electron chi connectivity index (χ0n) is 7.77. The molecule has 2 rings (SSSR count). The van der Waals surface area contributed by atoms with Gasteiger partial charge in [-0.2, -0.15) is 0 Å². The predicted octanol–water partition coefficient (Wildman–Crippen LogP) is 3.14. The highest BCUT2D eigenvalue weighted by molar-refractivity contribution is 6.92. The van der Waals surface area contributed by atoms with Crippen molar-refractivity contribution in [3.05, 3.63) is 60.7 Å². The van der Waals surface area contributed by atoms with E-state index in [0.717, 1.165) is 0 Å². The lowest BCUT2D eigenvalue weighted by Gasteiger charge is -1.98. The minimum absolute atomic E-state index is 0. The van der Waals surface area contributed by atoms with Gasteiger partial charge >= 0.3 is 0 Å². The summed E-state index contributed by atoms with van der Waals surface area (Å²) in [7, 11) is 0. The molecule has 13 heavy (non-hydrogen) atoms. The third-order valence-corrected chi connectivity index (χ3v) is 1.88. The first-order valence-corrected chi connectivity index (χ1v) is 4.07. The van der Waals surface area contributed by atoms with Crippen molar-refractivity contribution in [2.24, 2.45) is 0 Å². The summed E-state index contributed by atoms with van der Waals surface area (Å²) in [6.07, 6.45) is 0. The van der Waals surface area contributed by atoms with E-state index in [2.05, 4.69) is 48.5 Å². The summed E-state index contributed by atoms with van der Waals surface area (Å²) in [4.78, 5) is 0. The van der Waals surface area contributed by atoms with Crippen LogP contribution < -0.4 is 0 Å². The zero-order valence-corrected chi connectivity index (χ0v) is 9.77. The lowest BCUT2D eigenvalue weighted by atomic mass is 10.1. The maximum atomic E-state index is 2.12. The molecule has 0 aliphatic rings. The summed E-state index contributed by atoms with van der Waals surface area (Å²) in [6, 6.07) is 20.8. The van der Waals surface area contributed by atoms with Crippen LogP contribution in [0.4, 0.5) is 0 Å². The normalized spacial score (nSPS) is 8.92. The van der Waals surface area contributed by atoms with E-state index >= 15 is 0 Å². The first-order valence-electron chi connectivity index (χ1n) is 4.07. The third kappa shape index (κ3) is 2.40. The molecule has 0 radical (unpaired) electrons. The number of benzene rings is 2. The molecule has 0 N–H and O–H groups in total. The fourth-order valence-corrected chi connectivity index (χ4v) is 1.26. The first kappa shape index (κ1) is 9.95. The molecular weight excluding hydrogens is 175 g/mol. The van der Waals surface area contributed by atoms with Crippen molar-refractivity contribution in [1.82, 2.24) is 0 Å². The molecule has 0 spiro atoms. The van der Waals surface area contributed by atoms with E-state index < -0.39 is 0 Å². The van der Waals surface area contributed by atoms with Crippen LogP contribution in [0.15, 0.2) is 60.7 Å². The fraction of sp³-hybridized carbons (Fsp3) is 0. The van der Waals surface area contributed by atoms with Crippen LogP contribution in [0, 0.1) is 0 Å². The summed E-state index contributed by atoms with van der Waals surface area (Å²) >= 11 is 0. The van der Waals surface area contributed by atoms with Gasteiger partial charge in [0.1, 0.15) is 0 Å². The minimum atomic E-state index is 0. The molecule has 0 saturated carbocycles. The highest BCUT2D eigenvalue weighted by atomic mass is 31.0. The second-order valence-electron chi connectivity index (χ2n) is 2.73. The molecule has 0 aliphatic heterocycles. The molecule has 0 aliphatic carbocycles. The average molecular weight is 189 g/mol. The molecule has 1 atom stereocenters. The lowest BCUT2D eigenvalue weighted by molar-refractivity contribution is 1.62. The van der Waals surface area contributed by atoms with Gasteiger partial charge in [-0.05, 0) is 21.0 Å². The Balaban J connectivity index is 0.000000845. The molecule has 66 valence electrons. The van der Waals surface area contributed by atoms with Crippen molar-refractivity contribution in [3.63, 3.8) is 0 Å². The Bertz CT molecular complexity index is 303. The van der Waals surface area contributed by atoms with E-state index in [4.69, 9.17) is 0 Å². The molecule has 0 saturated heterocycles. The quantitative estimate of drug-likeness (QED) is 0.604. The van der Waals surface area contributed by atoms with E-state index in [1.54, 1.807) is 0 Å². The average Bonchev–Trinajstić information content (AvgIpc) is 2.21. The van der Waals surface area contributed by atoms with Crippen LogP contribution in [-0.2, 0) is 0 Å². The summed E-state index contributed by atoms with van der Waals surface area (Å²) in [6.45, 7) is 0. The van der Waals surface area contributed by atoms with Gasteiger partial charge in [0.05, 0.1) is 0 Å². The molecule has 0 nitrogen and oxygen atoms in total. The standard InChI is InChI=1S/C12H10.H3P/c1-3-7-11(8-4-1)12-9-5-2-6-10-12;/h1-10H;1H3/p+1. The van der Waals surface area contributed by atoms with Crippen molar-refractivity contribution in [3.8, 4) is 11.1 Å². The molecule has 0 bridgehead atoms. The van der Waals surface area contributed by atoms with Crippen molar-refractivity contribution < 1.29 is 0 Å². The van der Waals surface area contributed by atoms with Crippen LogP contribution in [0.1, 0.15) is 0 Å². The smallest absolute Gasteiger partial charge is 0.0184 e. The Hall–Kier alpha value is -1.13. The molecule has 0 amide bonds. The van der Waals surface area contributed by atoms with Crippen LogP contribution in [-0.4, -0.2) is 0 Å². The van der Waals surface area contributed by atoms with Crippen molar-refractivity contribution in [2.45, 2.75) is 0 Å². The summed E-state index contributed by atoms with van der Waals surface area (Å²) in [5, 5.41) is 0. The van der Waals surface area contributed by atoms with Crippen LogP contribution in [0.5, 0.6) is 0 Å². The van der Waals surface area contributed by atoms with Crippen molar-refractivity contribution in [1.29, 1.82) is 0 Å². The lowest BCUT2D eigenvalue weighted by Crippen LogP contribution is -1.73. The van der Waals surface area contributed by atoms with Gasteiger partial charge in [-0.25, -0.2) is 0 Å². The SMILES string of the molecule is [PH4+].c1ccc(-c2ccccc2)cc1. The monoisotopic (exact) mass is 189 g/mol. The van der Waals surface area contributed by atoms with E-state index in [9.17, 15) is 0 Å². The van der Waals surface area contributed by atoms with Gasteiger partial charge in [0.15, 0.2) is 0 Å². The second-order valence-corrected chi connectivity index (χ2v) is 2.73. The Kier molecular flexibility index (Phi) is 3.67. The van der Waals surface area contributed by atoms with E-state index in [0.29, 0.717) is 0 Å². The van der Waals surface area contributed by atoms with Crippen LogP contribution >= 0.6 is 9.90 Å². The Morgan fingerprint density at radius 2 is 0.769 bits per heavy atom. The first-order chi connectivity index (χ1) is 5.97. The van der Waals surface area contributed by atoms with Gasteiger partial charge in [-0.15, -0.1) is 0 Å². The van der Waals surface area contributed by atoms with Crippen LogP contribution in [0.2, 0.25) is 0 Å². The molecule has 2 aromatic rings. The number of hydrogen-bond acceptors (Lipinski definition) is 0. The maximum Gasteiger partial charge on any atom is -0.0184 e. The molecule has 0 aromatic heterocycles. The fourth-order valence-electron chi connectivity index (χ4n) is 1.26. The highest BCUT2D eigenvalue weighted by Gasteiger charge is 1.91. The van der Waals surface area contributed by atoms with E-state index in [1.165, 1.54) is 11.1 Å². The number of hydrogen-bond donors (Lipinski definition) is 0. The Morgan fingerprint density at radius 3 is 1.08 bits per heavy atom. The van der Waals surface area contributed by atoms with E-state index in [-0.39, 0.29) is 9.90 Å². The van der Waals surface area contributed by atoms with Gasteiger partial charge in [-0.3, -0.25) is 0 Å². The highest BCUT2D eigenvalue weighted by Crippen LogP contribution is 2.17. The van der Waals surface area contributed by atoms with Crippen LogP contribution in [0.25, 0.3) is 11.1 Å². The summed E-state index contributed by atoms with van der Waals surface area (Å²) < 4.78 is 0. The van der Waals surface area contributed by atoms with Crippen molar-refractivity contribution >= 4 is 9.90 Å². The minimum Gasteiger partial charge on any atom is -0.0622 e. The molecule has 1 heteroatoms. The molecular formula is C12H14P+. The molecule has 1 unspecified atom stereocenters. The molecule has 0 fully saturated rings. The molecule has 2 aromatic carbocycles. The van der Waals surface area contributed by atoms with Gasteiger partial charge in [0, 0.05) is 0 Å².